The lowest BCUT2D eigenvalue weighted by atomic mass is 9.67. The summed E-state index contributed by atoms with van der Waals surface area (Å²) in [6.07, 6.45) is 4.34. The molecule has 0 amide bonds. The molecule has 0 saturated carbocycles. The van der Waals surface area contributed by atoms with Crippen LogP contribution in [0.2, 0.25) is 0 Å². The van der Waals surface area contributed by atoms with Gasteiger partial charge in [0.1, 0.15) is 0 Å². The van der Waals surface area contributed by atoms with E-state index in [2.05, 4.69) is 39.0 Å². The Morgan fingerprint density at radius 1 is 1.16 bits per heavy atom. The van der Waals surface area contributed by atoms with Crippen molar-refractivity contribution in [3.8, 4) is 0 Å². The van der Waals surface area contributed by atoms with E-state index in [0.717, 1.165) is 24.0 Å². The van der Waals surface area contributed by atoms with E-state index in [4.69, 9.17) is 9.47 Å². The van der Waals surface area contributed by atoms with Crippen molar-refractivity contribution in [2.45, 2.75) is 66.3 Å². The van der Waals surface area contributed by atoms with Gasteiger partial charge in [0.2, 0.25) is 0 Å². The standard InChI is InChI=1S/C22H34O3/c1-6-24-20(25-7-2)14-17-10-8-9-11-18(17)21(23)19-13-12-16(3)15-22(19,4)5/h8-11,15,19-21,23H,6-7,12-14H2,1-5H3/t19-,21-/m0/s1. The first kappa shape index (κ1) is 20.2. The fourth-order valence-electron chi connectivity index (χ4n) is 4.08. The average molecular weight is 347 g/mol. The van der Waals surface area contributed by atoms with E-state index in [1.54, 1.807) is 0 Å². The minimum absolute atomic E-state index is 0.00585. The normalized spacial score (nSPS) is 21.2. The molecule has 0 unspecified atom stereocenters. The van der Waals surface area contributed by atoms with Gasteiger partial charge in [-0.05, 0) is 56.1 Å². The summed E-state index contributed by atoms with van der Waals surface area (Å²) in [7, 11) is 0. The van der Waals surface area contributed by atoms with Crippen LogP contribution in [0.1, 0.15) is 64.7 Å². The van der Waals surface area contributed by atoms with Gasteiger partial charge in [-0.15, -0.1) is 0 Å². The van der Waals surface area contributed by atoms with Crippen molar-refractivity contribution in [3.63, 3.8) is 0 Å². The van der Waals surface area contributed by atoms with Crippen LogP contribution in [0.4, 0.5) is 0 Å². The highest BCUT2D eigenvalue weighted by Crippen LogP contribution is 2.46. The second-order valence-electron chi connectivity index (χ2n) is 7.65. The largest absolute Gasteiger partial charge is 0.388 e. The molecule has 2 atom stereocenters. The summed E-state index contributed by atoms with van der Waals surface area (Å²) < 4.78 is 11.4. The summed E-state index contributed by atoms with van der Waals surface area (Å²) >= 11 is 0. The maximum absolute atomic E-state index is 11.2. The van der Waals surface area contributed by atoms with Crippen LogP contribution in [0.3, 0.4) is 0 Å². The van der Waals surface area contributed by atoms with Crippen LogP contribution in [0.5, 0.6) is 0 Å². The van der Waals surface area contributed by atoms with Gasteiger partial charge in [-0.1, -0.05) is 49.8 Å². The van der Waals surface area contributed by atoms with Crippen LogP contribution in [0.15, 0.2) is 35.9 Å². The smallest absolute Gasteiger partial charge is 0.161 e. The summed E-state index contributed by atoms with van der Waals surface area (Å²) in [6.45, 7) is 11.8. The van der Waals surface area contributed by atoms with Gasteiger partial charge in [0.15, 0.2) is 6.29 Å². The van der Waals surface area contributed by atoms with Gasteiger partial charge >= 0.3 is 0 Å². The van der Waals surface area contributed by atoms with Gasteiger partial charge in [0.05, 0.1) is 6.10 Å². The molecular weight excluding hydrogens is 312 g/mol. The van der Waals surface area contributed by atoms with E-state index in [1.165, 1.54) is 5.57 Å². The van der Waals surface area contributed by atoms with Crippen LogP contribution < -0.4 is 0 Å². The molecule has 140 valence electrons. The lowest BCUT2D eigenvalue weighted by Gasteiger charge is -2.40. The lowest BCUT2D eigenvalue weighted by molar-refractivity contribution is -0.134. The van der Waals surface area contributed by atoms with Crippen LogP contribution in [-0.2, 0) is 15.9 Å². The second kappa shape index (κ2) is 8.98. The summed E-state index contributed by atoms with van der Waals surface area (Å²) in [5, 5.41) is 11.2. The Balaban J connectivity index is 2.24. The predicted molar refractivity (Wildman–Crippen MR) is 102 cm³/mol. The third-order valence-electron chi connectivity index (χ3n) is 5.27. The van der Waals surface area contributed by atoms with Gasteiger partial charge in [-0.2, -0.15) is 0 Å². The molecule has 1 N–H and O–H groups in total. The maximum Gasteiger partial charge on any atom is 0.161 e. The Morgan fingerprint density at radius 3 is 2.40 bits per heavy atom. The molecule has 1 aliphatic rings. The highest BCUT2D eigenvalue weighted by atomic mass is 16.7. The van der Waals surface area contributed by atoms with Gasteiger partial charge in [-0.3, -0.25) is 0 Å². The van der Waals surface area contributed by atoms with E-state index in [1.807, 2.05) is 26.0 Å². The minimum Gasteiger partial charge on any atom is -0.388 e. The zero-order valence-corrected chi connectivity index (χ0v) is 16.4. The molecular formula is C22H34O3. The first-order chi connectivity index (χ1) is 11.9. The van der Waals surface area contributed by atoms with E-state index >= 15 is 0 Å². The minimum atomic E-state index is -0.473. The zero-order valence-electron chi connectivity index (χ0n) is 16.4. The average Bonchev–Trinajstić information content (AvgIpc) is 2.54. The zero-order chi connectivity index (χ0) is 18.4. The molecule has 2 rings (SSSR count). The highest BCUT2D eigenvalue weighted by molar-refractivity contribution is 5.31. The summed E-state index contributed by atoms with van der Waals surface area (Å²) in [5.74, 6) is 0.218. The van der Waals surface area contributed by atoms with Crippen LogP contribution >= 0.6 is 0 Å². The summed E-state index contributed by atoms with van der Waals surface area (Å²) in [5.41, 5.74) is 3.55. The van der Waals surface area contributed by atoms with Crippen molar-refractivity contribution in [3.05, 3.63) is 47.0 Å². The van der Waals surface area contributed by atoms with Gasteiger partial charge in [0, 0.05) is 19.6 Å². The van der Waals surface area contributed by atoms with Crippen molar-refractivity contribution in [2.24, 2.45) is 11.3 Å². The number of rotatable bonds is 8. The quantitative estimate of drug-likeness (QED) is 0.529. The van der Waals surface area contributed by atoms with Crippen LogP contribution in [0, 0.1) is 11.3 Å². The molecule has 1 aromatic carbocycles. The third kappa shape index (κ3) is 5.16. The van der Waals surface area contributed by atoms with Gasteiger partial charge in [0.25, 0.3) is 0 Å². The second-order valence-corrected chi connectivity index (χ2v) is 7.65. The van der Waals surface area contributed by atoms with Crippen molar-refractivity contribution in [1.29, 1.82) is 0 Å². The Labute approximate surface area is 153 Å². The van der Waals surface area contributed by atoms with Crippen LogP contribution in [-0.4, -0.2) is 24.6 Å². The molecule has 1 aliphatic carbocycles. The molecule has 0 spiro atoms. The van der Waals surface area contributed by atoms with E-state index < -0.39 is 6.10 Å². The maximum atomic E-state index is 11.2. The lowest BCUT2D eigenvalue weighted by Crippen LogP contribution is -2.31. The SMILES string of the molecule is CCOC(Cc1ccccc1[C@H](O)[C@@H]1CCC(C)=CC1(C)C)OCC. The number of benzene rings is 1. The molecule has 0 radical (unpaired) electrons. The van der Waals surface area contributed by atoms with E-state index in [-0.39, 0.29) is 17.6 Å². The molecule has 3 heteroatoms. The summed E-state index contributed by atoms with van der Waals surface area (Å²) in [4.78, 5) is 0. The number of ether oxygens (including phenoxy) is 2. The topological polar surface area (TPSA) is 38.7 Å². The van der Waals surface area contributed by atoms with Crippen molar-refractivity contribution < 1.29 is 14.6 Å². The first-order valence-corrected chi connectivity index (χ1v) is 9.56. The predicted octanol–water partition coefficient (Wildman–Crippen LogP) is 5.04. The molecule has 25 heavy (non-hydrogen) atoms. The Hall–Kier alpha value is -1.16. The molecule has 0 aliphatic heterocycles. The number of hydrogen-bond donors (Lipinski definition) is 1. The molecule has 1 aromatic rings. The highest BCUT2D eigenvalue weighted by Gasteiger charge is 2.37. The molecule has 0 fully saturated rings. The van der Waals surface area contributed by atoms with Crippen LogP contribution in [0.25, 0.3) is 0 Å². The fraction of sp³-hybridized carbons (Fsp3) is 0.636. The number of hydrogen-bond acceptors (Lipinski definition) is 3. The molecule has 3 nitrogen and oxygen atoms in total. The fourth-order valence-corrected chi connectivity index (χ4v) is 4.08. The number of allylic oxidation sites excluding steroid dienone is 2. The Morgan fingerprint density at radius 2 is 1.80 bits per heavy atom. The van der Waals surface area contributed by atoms with Crippen molar-refractivity contribution >= 4 is 0 Å². The molecule has 0 saturated heterocycles. The van der Waals surface area contributed by atoms with Gasteiger partial charge < -0.3 is 14.6 Å². The molecule has 0 bridgehead atoms. The van der Waals surface area contributed by atoms with Gasteiger partial charge in [-0.25, -0.2) is 0 Å². The Bertz CT molecular complexity index is 570. The number of aliphatic hydroxyl groups is 1. The van der Waals surface area contributed by atoms with E-state index in [9.17, 15) is 5.11 Å². The number of aliphatic hydroxyl groups excluding tert-OH is 1. The van der Waals surface area contributed by atoms with Crippen molar-refractivity contribution in [2.75, 3.05) is 13.2 Å². The van der Waals surface area contributed by atoms with E-state index in [0.29, 0.717) is 19.6 Å². The first-order valence-electron chi connectivity index (χ1n) is 9.56. The molecule has 0 aromatic heterocycles. The summed E-state index contributed by atoms with van der Waals surface area (Å²) in [6, 6.07) is 8.17. The monoisotopic (exact) mass is 346 g/mol. The Kier molecular flexibility index (Phi) is 7.24. The van der Waals surface area contributed by atoms with Crippen molar-refractivity contribution in [1.82, 2.24) is 0 Å². The third-order valence-corrected chi connectivity index (χ3v) is 5.27. The molecule has 0 heterocycles.